The van der Waals surface area contributed by atoms with E-state index in [4.69, 9.17) is 33.4 Å². The van der Waals surface area contributed by atoms with Crippen molar-refractivity contribution in [2.45, 2.75) is 172 Å². The third kappa shape index (κ3) is 17.9. The van der Waals surface area contributed by atoms with E-state index >= 15 is 0 Å². The predicted molar refractivity (Wildman–Crippen MR) is 241 cm³/mol. The zero-order chi connectivity index (χ0) is 47.8. The van der Waals surface area contributed by atoms with Gasteiger partial charge in [-0.15, -0.1) is 0 Å². The summed E-state index contributed by atoms with van der Waals surface area (Å²) < 4.78 is 4.89. The minimum Gasteiger partial charge on any atom is -0.467 e. The van der Waals surface area contributed by atoms with Gasteiger partial charge in [-0.25, -0.2) is 4.79 Å². The SMILES string of the molecule is COC(=O)[C@H](CCCCN)NC(=O)[C@@H]1CCCN1C(=O)[C@H](CCCCN)NC(=O)[C@H](C)NC(=O)[C@@H](NC(=O)[C@H](CCCCN)NC(=O)[C@@H]1CCCN1C(=O)[C@@H](N)CCCCN)C(C)C. The third-order valence-electron chi connectivity index (χ3n) is 11.9. The van der Waals surface area contributed by atoms with Crippen LogP contribution in [0.25, 0.3) is 0 Å². The maximum Gasteiger partial charge on any atom is 0.328 e. The van der Waals surface area contributed by atoms with E-state index in [1.165, 1.54) is 23.8 Å². The highest BCUT2D eigenvalue weighted by Gasteiger charge is 2.41. The molecule has 21 nitrogen and oxygen atoms in total. The number of carbonyl (C=O) groups is 8. The summed E-state index contributed by atoms with van der Waals surface area (Å²) in [5.74, 6) is -4.82. The van der Waals surface area contributed by atoms with Gasteiger partial charge in [0.15, 0.2) is 0 Å². The van der Waals surface area contributed by atoms with Crippen molar-refractivity contribution in [1.29, 1.82) is 0 Å². The van der Waals surface area contributed by atoms with Gasteiger partial charge < -0.3 is 69.8 Å². The van der Waals surface area contributed by atoms with Crippen molar-refractivity contribution in [3.8, 4) is 0 Å². The highest BCUT2D eigenvalue weighted by atomic mass is 16.5. The van der Waals surface area contributed by atoms with Crippen molar-refractivity contribution in [2.75, 3.05) is 46.4 Å². The summed E-state index contributed by atoms with van der Waals surface area (Å²) in [4.78, 5) is 111. The van der Waals surface area contributed by atoms with Crippen molar-refractivity contribution in [2.24, 2.45) is 34.6 Å². The molecule has 0 unspecified atom stereocenters. The summed E-state index contributed by atoms with van der Waals surface area (Å²) in [6, 6.07) is -7.76. The Morgan fingerprint density at radius 1 is 0.547 bits per heavy atom. The second-order valence-electron chi connectivity index (χ2n) is 17.3. The molecule has 366 valence electrons. The number of esters is 1. The number of nitrogens with one attached hydrogen (secondary N) is 5. The fourth-order valence-corrected chi connectivity index (χ4v) is 8.04. The van der Waals surface area contributed by atoms with Crippen LogP contribution in [0, 0.1) is 5.92 Å². The molecular formula is C43H80N12O9. The first-order valence-electron chi connectivity index (χ1n) is 23.3. The second-order valence-corrected chi connectivity index (χ2v) is 17.3. The van der Waals surface area contributed by atoms with Gasteiger partial charge in [0.2, 0.25) is 41.4 Å². The molecule has 15 N–H and O–H groups in total. The lowest BCUT2D eigenvalue weighted by Gasteiger charge is -2.31. The maximum absolute atomic E-state index is 14.1. The molecule has 0 radical (unpaired) electrons. The number of ether oxygens (including phenoxy) is 1. The van der Waals surface area contributed by atoms with Gasteiger partial charge in [0, 0.05) is 13.1 Å². The van der Waals surface area contributed by atoms with Crippen LogP contribution in [-0.4, -0.2) is 152 Å². The van der Waals surface area contributed by atoms with Crippen LogP contribution in [0.2, 0.25) is 0 Å². The van der Waals surface area contributed by atoms with Gasteiger partial charge >= 0.3 is 5.97 Å². The molecule has 2 saturated heterocycles. The zero-order valence-corrected chi connectivity index (χ0v) is 38.7. The molecule has 7 amide bonds. The fraction of sp³-hybridized carbons (Fsp3) is 0.814. The van der Waals surface area contributed by atoms with E-state index in [-0.39, 0.29) is 25.3 Å². The number of amides is 7. The van der Waals surface area contributed by atoms with Gasteiger partial charge in [-0.05, 0) is 135 Å². The van der Waals surface area contributed by atoms with Crippen molar-refractivity contribution >= 4 is 47.3 Å². The van der Waals surface area contributed by atoms with Crippen LogP contribution in [0.3, 0.4) is 0 Å². The molecule has 0 aliphatic carbocycles. The van der Waals surface area contributed by atoms with Gasteiger partial charge in [-0.3, -0.25) is 33.6 Å². The minimum absolute atomic E-state index is 0.216. The zero-order valence-electron chi connectivity index (χ0n) is 38.7. The van der Waals surface area contributed by atoms with Gasteiger partial charge in [0.25, 0.3) is 0 Å². The van der Waals surface area contributed by atoms with Crippen molar-refractivity contribution in [3.05, 3.63) is 0 Å². The van der Waals surface area contributed by atoms with Gasteiger partial charge in [-0.1, -0.05) is 20.3 Å². The van der Waals surface area contributed by atoms with E-state index in [0.717, 1.165) is 6.42 Å². The van der Waals surface area contributed by atoms with Crippen LogP contribution in [0.4, 0.5) is 0 Å². The third-order valence-corrected chi connectivity index (χ3v) is 11.9. The lowest BCUT2D eigenvalue weighted by Crippen LogP contribution is -2.60. The number of hydrogen-bond acceptors (Lipinski definition) is 14. The van der Waals surface area contributed by atoms with Crippen LogP contribution in [0.5, 0.6) is 0 Å². The molecule has 0 saturated carbocycles. The molecule has 2 aliphatic heterocycles. The van der Waals surface area contributed by atoms with E-state index < -0.39 is 95.7 Å². The highest BCUT2D eigenvalue weighted by molar-refractivity contribution is 5.97. The van der Waals surface area contributed by atoms with E-state index in [2.05, 4.69) is 26.6 Å². The normalized spacial score (nSPS) is 18.9. The van der Waals surface area contributed by atoms with Crippen LogP contribution in [-0.2, 0) is 43.1 Å². The number of methoxy groups -OCH3 is 1. The monoisotopic (exact) mass is 909 g/mol. The number of rotatable bonds is 30. The van der Waals surface area contributed by atoms with Crippen LogP contribution in [0.15, 0.2) is 0 Å². The molecule has 0 spiro atoms. The molecule has 0 bridgehead atoms. The maximum atomic E-state index is 14.1. The van der Waals surface area contributed by atoms with E-state index in [1.807, 2.05) is 0 Å². The van der Waals surface area contributed by atoms with Crippen molar-refractivity contribution in [1.82, 2.24) is 36.4 Å². The number of unbranched alkanes of at least 4 members (excludes halogenated alkanes) is 4. The number of nitrogens with zero attached hydrogens (tertiary/aromatic N) is 2. The average molecular weight is 909 g/mol. The Morgan fingerprint density at radius 3 is 1.48 bits per heavy atom. The topological polar surface area (TPSA) is 343 Å². The summed E-state index contributed by atoms with van der Waals surface area (Å²) in [7, 11) is 1.23. The first kappa shape index (κ1) is 55.7. The molecule has 21 heteroatoms. The van der Waals surface area contributed by atoms with Crippen LogP contribution < -0.4 is 55.3 Å². The Morgan fingerprint density at radius 2 is 1.00 bits per heavy atom. The predicted octanol–water partition coefficient (Wildman–Crippen LogP) is -1.92. The highest BCUT2D eigenvalue weighted by Crippen LogP contribution is 2.22. The van der Waals surface area contributed by atoms with Crippen molar-refractivity contribution in [3.63, 3.8) is 0 Å². The summed E-state index contributed by atoms with van der Waals surface area (Å²) in [6.45, 7) is 7.15. The molecule has 2 aliphatic rings. The minimum atomic E-state index is -1.16. The second kappa shape index (κ2) is 29.9. The standard InChI is InChI=1S/C43H80N12O9/c1-27(2)35(53-37(57)30(16-6-10-22-45)50-38(58)33-19-13-25-54(33)41(61)29(48)15-5-9-21-44)40(60)49-28(3)36(56)51-31(17-7-11-23-46)42(62)55-26-14-20-34(55)39(59)52-32(43(63)64-4)18-8-12-24-47/h27-35H,5-26,44-48H2,1-4H3,(H,49,60)(H,50,58)(H,51,56)(H,52,59)(H,53,57)/t28-,29-,30-,31-,32-,33-,34-,35-/m0/s1. The number of carbonyl (C=O) groups excluding carboxylic acids is 8. The van der Waals surface area contributed by atoms with E-state index in [1.54, 1.807) is 13.8 Å². The van der Waals surface area contributed by atoms with Gasteiger partial charge in [0.1, 0.15) is 42.3 Å². The summed E-state index contributed by atoms with van der Waals surface area (Å²) in [5.41, 5.74) is 28.8. The molecule has 0 aromatic rings. The Bertz CT molecular complexity index is 1520. The summed E-state index contributed by atoms with van der Waals surface area (Å²) in [5, 5.41) is 13.7. The number of likely N-dealkylation sites (tertiary alicyclic amines) is 2. The average Bonchev–Trinajstić information content (AvgIpc) is 3.98. The number of hydrogen-bond donors (Lipinski definition) is 10. The van der Waals surface area contributed by atoms with Gasteiger partial charge in [-0.2, -0.15) is 0 Å². The van der Waals surface area contributed by atoms with E-state index in [0.29, 0.717) is 116 Å². The van der Waals surface area contributed by atoms with Crippen LogP contribution in [0.1, 0.15) is 124 Å². The summed E-state index contributed by atoms with van der Waals surface area (Å²) >= 11 is 0. The Balaban J connectivity index is 2.17. The molecule has 64 heavy (non-hydrogen) atoms. The van der Waals surface area contributed by atoms with E-state index in [9.17, 15) is 38.4 Å². The van der Waals surface area contributed by atoms with Crippen LogP contribution >= 0.6 is 0 Å². The molecule has 8 atom stereocenters. The quantitative estimate of drug-likeness (QED) is 0.0278. The molecule has 2 rings (SSSR count). The summed E-state index contributed by atoms with van der Waals surface area (Å²) in [6.07, 6.45) is 7.87. The Hall–Kier alpha value is -4.44. The molecule has 2 heterocycles. The first-order valence-corrected chi connectivity index (χ1v) is 23.3. The largest absolute Gasteiger partial charge is 0.467 e. The molecular weight excluding hydrogens is 829 g/mol. The first-order chi connectivity index (χ1) is 30.6. The van der Waals surface area contributed by atoms with Crippen molar-refractivity contribution < 1.29 is 43.1 Å². The van der Waals surface area contributed by atoms with Gasteiger partial charge in [0.05, 0.1) is 13.2 Å². The molecule has 0 aromatic carbocycles. The smallest absolute Gasteiger partial charge is 0.328 e. The lowest BCUT2D eigenvalue weighted by molar-refractivity contribution is -0.147. The Kier molecular flexibility index (Phi) is 26.0. The molecule has 0 aromatic heterocycles. The lowest BCUT2D eigenvalue weighted by atomic mass is 10.0. The fourth-order valence-electron chi connectivity index (χ4n) is 8.04. The molecule has 2 fully saturated rings. The Labute approximate surface area is 378 Å². The number of nitrogens with two attached hydrogens (primary N) is 5.